The van der Waals surface area contributed by atoms with Crippen molar-refractivity contribution in [3.8, 4) is 0 Å². The number of allylic oxidation sites excluding steroid dienone is 2. The lowest BCUT2D eigenvalue weighted by Gasteiger charge is -2.29. The lowest BCUT2D eigenvalue weighted by atomic mass is 9.97. The van der Waals surface area contributed by atoms with Gasteiger partial charge in [-0.2, -0.15) is 0 Å². The van der Waals surface area contributed by atoms with E-state index in [1.54, 1.807) is 0 Å². The minimum atomic E-state index is -1.49. The average molecular weight is 752 g/mol. The molecule has 15 heteroatoms. The monoisotopic (exact) mass is 752 g/mol. The summed E-state index contributed by atoms with van der Waals surface area (Å²) in [5.41, 5.74) is -1.49. The number of aliphatic hydroxyl groups is 1. The molecule has 0 aromatic carbocycles. The van der Waals surface area contributed by atoms with Gasteiger partial charge in [0.15, 0.2) is 0 Å². The molecule has 0 aromatic heterocycles. The van der Waals surface area contributed by atoms with Crippen LogP contribution in [0.1, 0.15) is 120 Å². The summed E-state index contributed by atoms with van der Waals surface area (Å²) >= 11 is 0. The Morgan fingerprint density at radius 3 is 1.81 bits per heavy atom. The highest BCUT2D eigenvalue weighted by Crippen LogP contribution is 2.11. The summed E-state index contributed by atoms with van der Waals surface area (Å²) in [6, 6.07) is -2.38. The molecule has 0 aliphatic carbocycles. The zero-order valence-corrected chi connectivity index (χ0v) is 33.6. The Hall–Kier alpha value is -4.01. The third-order valence-electron chi connectivity index (χ3n) is 8.48. The van der Waals surface area contributed by atoms with Crippen LogP contribution in [0.4, 0.5) is 0 Å². The van der Waals surface area contributed by atoms with Crippen LogP contribution in [0.15, 0.2) is 12.2 Å². The lowest BCUT2D eigenvalue weighted by Crippen LogP contribution is -2.61. The van der Waals surface area contributed by atoms with Crippen LogP contribution in [-0.2, 0) is 33.6 Å². The van der Waals surface area contributed by atoms with E-state index < -0.39 is 72.2 Å². The summed E-state index contributed by atoms with van der Waals surface area (Å²) in [5, 5.41) is 27.8. The van der Waals surface area contributed by atoms with Gasteiger partial charge >= 0.3 is 0 Å². The molecule has 7 amide bonds. The van der Waals surface area contributed by atoms with Crippen molar-refractivity contribution < 1.29 is 38.7 Å². The van der Waals surface area contributed by atoms with Gasteiger partial charge in [-0.1, -0.05) is 79.9 Å². The van der Waals surface area contributed by atoms with Crippen molar-refractivity contribution in [1.29, 1.82) is 0 Å². The van der Waals surface area contributed by atoms with Crippen molar-refractivity contribution in [2.45, 2.75) is 144 Å². The molecule has 53 heavy (non-hydrogen) atoms. The number of amides is 7. The van der Waals surface area contributed by atoms with Gasteiger partial charge in [-0.05, 0) is 63.7 Å². The Bertz CT molecular complexity index is 1200. The van der Waals surface area contributed by atoms with Crippen LogP contribution in [0.3, 0.4) is 0 Å². The van der Waals surface area contributed by atoms with Crippen LogP contribution < -0.4 is 37.2 Å². The van der Waals surface area contributed by atoms with Crippen LogP contribution in [-0.4, -0.2) is 96.4 Å². The Morgan fingerprint density at radius 1 is 0.660 bits per heavy atom. The van der Waals surface area contributed by atoms with Gasteiger partial charge in [-0.25, -0.2) is 0 Å². The third kappa shape index (κ3) is 22.6. The molecule has 304 valence electrons. The van der Waals surface area contributed by atoms with E-state index in [2.05, 4.69) is 50.2 Å². The maximum absolute atomic E-state index is 13.3. The summed E-state index contributed by atoms with van der Waals surface area (Å²) in [6.07, 6.45) is 10.6. The van der Waals surface area contributed by atoms with Crippen molar-refractivity contribution >= 4 is 41.4 Å². The highest BCUT2D eigenvalue weighted by molar-refractivity contribution is 5.96. The molecule has 15 nitrogen and oxygen atoms in total. The van der Waals surface area contributed by atoms with Crippen molar-refractivity contribution in [2.75, 3.05) is 26.2 Å². The van der Waals surface area contributed by atoms with Crippen LogP contribution in [0.5, 0.6) is 0 Å². The first-order valence-corrected chi connectivity index (χ1v) is 19.1. The number of carbonyl (C=O) groups excluding carboxylic acids is 7. The van der Waals surface area contributed by atoms with Gasteiger partial charge in [-0.3, -0.25) is 33.6 Å². The molecule has 4 atom stereocenters. The summed E-state index contributed by atoms with van der Waals surface area (Å²) in [6.45, 7) is 15.0. The fourth-order valence-corrected chi connectivity index (χ4v) is 5.22. The van der Waals surface area contributed by atoms with Gasteiger partial charge in [0.1, 0.15) is 17.6 Å². The molecule has 0 aromatic rings. The summed E-state index contributed by atoms with van der Waals surface area (Å²) < 4.78 is 0. The van der Waals surface area contributed by atoms with Crippen molar-refractivity contribution in [2.24, 2.45) is 17.8 Å². The van der Waals surface area contributed by atoms with Gasteiger partial charge < -0.3 is 42.3 Å². The molecule has 0 bridgehead atoms. The summed E-state index contributed by atoms with van der Waals surface area (Å²) in [5.74, 6) is -3.83. The first-order valence-electron chi connectivity index (χ1n) is 19.1. The molecule has 0 aliphatic rings. The van der Waals surface area contributed by atoms with E-state index in [9.17, 15) is 38.7 Å². The van der Waals surface area contributed by atoms with Crippen LogP contribution >= 0.6 is 0 Å². The molecule has 0 aliphatic heterocycles. The van der Waals surface area contributed by atoms with Crippen molar-refractivity contribution in [3.63, 3.8) is 0 Å². The standard InChI is InChI=1S/C38H69N7O8/c1-10-12-13-14-15-16-17-18-30(47)39-21-31(48)40-22-32(49)43-29(20-26(5)6)35(51)45-38(8,9)37(53)41-23-33(50)44-34(27(7)11-2)36(52)42-28(24-46)19-25(3)4/h15-16,25-29,34,46H,10-14,17-24H2,1-9H3,(H,39,47)(H,40,48)(H,41,53)(H,42,52)(H,43,49)(H,44,50)(H,45,51)/b16-15-/t27-,28-,29-,34-/m0/s1. The maximum Gasteiger partial charge on any atom is 0.245 e. The molecular formula is C38H69N7O8. The Morgan fingerprint density at radius 2 is 1.23 bits per heavy atom. The largest absolute Gasteiger partial charge is 0.394 e. The number of nitrogens with one attached hydrogen (secondary N) is 7. The molecule has 0 saturated heterocycles. The predicted molar refractivity (Wildman–Crippen MR) is 205 cm³/mol. The number of unbranched alkanes of at least 4 members (excludes halogenated alkanes) is 3. The van der Waals surface area contributed by atoms with E-state index >= 15 is 0 Å². The fraction of sp³-hybridized carbons (Fsp3) is 0.763. The SMILES string of the molecule is CCCCC/C=C\CCC(=O)NCC(=O)NCC(=O)N[C@@H](CC(C)C)C(=O)NC(C)(C)C(=O)NCC(=O)N[C@H](C(=O)N[C@H](CO)CC(C)C)[C@@H](C)CC. The molecule has 0 fully saturated rings. The Balaban J connectivity index is 5.05. The van der Waals surface area contributed by atoms with Crippen molar-refractivity contribution in [3.05, 3.63) is 12.2 Å². The topological polar surface area (TPSA) is 224 Å². The van der Waals surface area contributed by atoms with Crippen LogP contribution in [0.25, 0.3) is 0 Å². The molecule has 0 radical (unpaired) electrons. The average Bonchev–Trinajstić information content (AvgIpc) is 3.08. The Kier molecular flexibility index (Phi) is 24.7. The molecule has 0 saturated carbocycles. The maximum atomic E-state index is 13.3. The molecule has 0 heterocycles. The minimum Gasteiger partial charge on any atom is -0.394 e. The van der Waals surface area contributed by atoms with E-state index in [1.165, 1.54) is 20.3 Å². The quantitative estimate of drug-likeness (QED) is 0.0455. The second-order valence-corrected chi connectivity index (χ2v) is 15.1. The van der Waals surface area contributed by atoms with Gasteiger partial charge in [0, 0.05) is 6.42 Å². The number of aliphatic hydroxyl groups excluding tert-OH is 1. The number of hydrogen-bond acceptors (Lipinski definition) is 8. The lowest BCUT2D eigenvalue weighted by molar-refractivity contribution is -0.136. The van der Waals surface area contributed by atoms with Gasteiger partial charge in [-0.15, -0.1) is 0 Å². The number of carbonyl (C=O) groups is 7. The highest BCUT2D eigenvalue weighted by Gasteiger charge is 2.34. The highest BCUT2D eigenvalue weighted by atomic mass is 16.3. The molecule has 8 N–H and O–H groups in total. The van der Waals surface area contributed by atoms with Gasteiger partial charge in [0.2, 0.25) is 41.4 Å². The van der Waals surface area contributed by atoms with Crippen molar-refractivity contribution in [1.82, 2.24) is 37.2 Å². The number of hydrogen-bond donors (Lipinski definition) is 8. The molecular weight excluding hydrogens is 682 g/mol. The van der Waals surface area contributed by atoms with E-state index in [0.29, 0.717) is 19.3 Å². The second kappa shape index (κ2) is 26.7. The smallest absolute Gasteiger partial charge is 0.245 e. The minimum absolute atomic E-state index is 0.0173. The molecule has 0 spiro atoms. The zero-order chi connectivity index (χ0) is 40.6. The van der Waals surface area contributed by atoms with Gasteiger partial charge in [0.05, 0.1) is 32.3 Å². The first kappa shape index (κ1) is 49.0. The van der Waals surface area contributed by atoms with E-state index in [0.717, 1.165) is 19.3 Å². The zero-order valence-electron chi connectivity index (χ0n) is 33.6. The predicted octanol–water partition coefficient (Wildman–Crippen LogP) is 1.73. The normalized spacial score (nSPS) is 13.8. The van der Waals surface area contributed by atoms with E-state index in [4.69, 9.17) is 0 Å². The van der Waals surface area contributed by atoms with E-state index in [1.807, 2.05) is 47.6 Å². The number of rotatable bonds is 27. The molecule has 0 unspecified atom stereocenters. The summed E-state index contributed by atoms with van der Waals surface area (Å²) in [4.78, 5) is 89.2. The van der Waals surface area contributed by atoms with Crippen LogP contribution in [0, 0.1) is 17.8 Å². The van der Waals surface area contributed by atoms with E-state index in [-0.39, 0.29) is 49.7 Å². The first-order chi connectivity index (χ1) is 24.9. The van der Waals surface area contributed by atoms with Gasteiger partial charge in [0.25, 0.3) is 0 Å². The third-order valence-corrected chi connectivity index (χ3v) is 8.48. The fourth-order valence-electron chi connectivity index (χ4n) is 5.22. The Labute approximate surface area is 316 Å². The van der Waals surface area contributed by atoms with Crippen LogP contribution in [0.2, 0.25) is 0 Å². The summed E-state index contributed by atoms with van der Waals surface area (Å²) in [7, 11) is 0. The molecule has 0 rings (SSSR count). The second-order valence-electron chi connectivity index (χ2n) is 15.1.